The monoisotopic (exact) mass is 213 g/mol. The Balaban J connectivity index is 2.92. The minimum atomic E-state index is -1.41. The molecule has 3 nitrogen and oxygen atoms in total. The molecule has 0 saturated carbocycles. The number of imidazole rings is 1. The first-order valence-corrected chi connectivity index (χ1v) is 5.15. The van der Waals surface area contributed by atoms with Gasteiger partial charge in [0, 0.05) is 32.4 Å². The Labute approximate surface area is 90.5 Å². The van der Waals surface area contributed by atoms with Crippen LogP contribution in [0.25, 0.3) is 0 Å². The predicted octanol–water partition coefficient (Wildman–Crippen LogP) is 1.68. The number of nitrogens with zero attached hydrogens (tertiary/aromatic N) is 2. The Morgan fingerprint density at radius 1 is 1.47 bits per heavy atom. The third-order valence-electron chi connectivity index (χ3n) is 3.03. The van der Waals surface area contributed by atoms with Crippen molar-refractivity contribution >= 4 is 0 Å². The molecule has 4 heteroatoms. The number of hydrogen-bond acceptors (Lipinski definition) is 2. The Morgan fingerprint density at radius 3 is 2.40 bits per heavy atom. The molecule has 1 atom stereocenters. The van der Waals surface area contributed by atoms with E-state index >= 15 is 0 Å². The van der Waals surface area contributed by atoms with Crippen LogP contribution < -0.4 is 5.73 Å². The van der Waals surface area contributed by atoms with Gasteiger partial charge in [0.05, 0.1) is 0 Å². The number of hydrogen-bond donors (Lipinski definition) is 1. The van der Waals surface area contributed by atoms with Gasteiger partial charge in [-0.05, 0) is 5.41 Å². The highest BCUT2D eigenvalue weighted by Crippen LogP contribution is 2.35. The zero-order chi connectivity index (χ0) is 11.7. The maximum atomic E-state index is 14.6. The first-order valence-electron chi connectivity index (χ1n) is 5.15. The topological polar surface area (TPSA) is 43.8 Å². The predicted molar refractivity (Wildman–Crippen MR) is 59.3 cm³/mol. The van der Waals surface area contributed by atoms with E-state index in [1.165, 1.54) is 0 Å². The van der Waals surface area contributed by atoms with Crippen molar-refractivity contribution in [1.82, 2.24) is 9.55 Å². The molecule has 0 spiro atoms. The lowest BCUT2D eigenvalue weighted by atomic mass is 9.76. The van der Waals surface area contributed by atoms with Crippen LogP contribution in [0.4, 0.5) is 4.39 Å². The largest absolute Gasteiger partial charge is 0.338 e. The van der Waals surface area contributed by atoms with Crippen LogP contribution >= 0.6 is 0 Å². The molecule has 0 amide bonds. The van der Waals surface area contributed by atoms with Crippen molar-refractivity contribution in [2.24, 2.45) is 18.2 Å². The van der Waals surface area contributed by atoms with Crippen LogP contribution in [0.5, 0.6) is 0 Å². The lowest BCUT2D eigenvalue weighted by Crippen LogP contribution is -2.47. The van der Waals surface area contributed by atoms with Crippen molar-refractivity contribution in [3.63, 3.8) is 0 Å². The summed E-state index contributed by atoms with van der Waals surface area (Å²) in [6.45, 7) is 5.61. The van der Waals surface area contributed by atoms with Crippen molar-refractivity contribution in [2.45, 2.75) is 32.9 Å². The SMILES string of the molecule is Cn1ccnc1CC(F)(CN)C(C)(C)C. The van der Waals surface area contributed by atoms with Gasteiger partial charge in [0.25, 0.3) is 0 Å². The molecule has 1 aromatic rings. The molecule has 1 rings (SSSR count). The fourth-order valence-corrected chi connectivity index (χ4v) is 1.46. The van der Waals surface area contributed by atoms with Gasteiger partial charge in [-0.15, -0.1) is 0 Å². The van der Waals surface area contributed by atoms with Gasteiger partial charge in [0.1, 0.15) is 11.5 Å². The lowest BCUT2D eigenvalue weighted by molar-refractivity contribution is 0.0357. The van der Waals surface area contributed by atoms with Crippen LogP contribution in [-0.2, 0) is 13.5 Å². The molecule has 0 radical (unpaired) electrons. The van der Waals surface area contributed by atoms with Gasteiger partial charge in [-0.2, -0.15) is 0 Å². The van der Waals surface area contributed by atoms with Gasteiger partial charge >= 0.3 is 0 Å². The Kier molecular flexibility index (Phi) is 3.19. The second-order valence-corrected chi connectivity index (χ2v) is 5.05. The smallest absolute Gasteiger partial charge is 0.134 e. The Bertz CT molecular complexity index is 327. The van der Waals surface area contributed by atoms with Crippen molar-refractivity contribution in [2.75, 3.05) is 6.54 Å². The molecule has 0 aromatic carbocycles. The minimum Gasteiger partial charge on any atom is -0.338 e. The number of nitrogens with two attached hydrogens (primary N) is 1. The summed E-state index contributed by atoms with van der Waals surface area (Å²) in [5.74, 6) is 0.734. The van der Waals surface area contributed by atoms with E-state index in [0.717, 1.165) is 5.82 Å². The maximum Gasteiger partial charge on any atom is 0.134 e. The summed E-state index contributed by atoms with van der Waals surface area (Å²) in [4.78, 5) is 4.13. The second kappa shape index (κ2) is 3.93. The molecule has 0 fully saturated rings. The van der Waals surface area contributed by atoms with Crippen molar-refractivity contribution in [3.05, 3.63) is 18.2 Å². The van der Waals surface area contributed by atoms with Crippen LogP contribution in [0.15, 0.2) is 12.4 Å². The average molecular weight is 213 g/mol. The van der Waals surface area contributed by atoms with E-state index in [-0.39, 0.29) is 13.0 Å². The maximum absolute atomic E-state index is 14.6. The molecule has 2 N–H and O–H groups in total. The zero-order valence-electron chi connectivity index (χ0n) is 9.92. The number of halogens is 1. The summed E-state index contributed by atoms with van der Waals surface area (Å²) in [7, 11) is 1.86. The van der Waals surface area contributed by atoms with Gasteiger partial charge in [-0.25, -0.2) is 9.37 Å². The summed E-state index contributed by atoms with van der Waals surface area (Å²) in [6.07, 6.45) is 3.75. The van der Waals surface area contributed by atoms with Crippen LogP contribution in [0.2, 0.25) is 0 Å². The minimum absolute atomic E-state index is 0.0172. The summed E-state index contributed by atoms with van der Waals surface area (Å²) in [5, 5.41) is 0. The fourth-order valence-electron chi connectivity index (χ4n) is 1.46. The quantitative estimate of drug-likeness (QED) is 0.830. The van der Waals surface area contributed by atoms with Gasteiger partial charge < -0.3 is 10.3 Å². The Morgan fingerprint density at radius 2 is 2.07 bits per heavy atom. The van der Waals surface area contributed by atoms with Gasteiger partial charge in [-0.3, -0.25) is 0 Å². The standard InChI is InChI=1S/C11H20FN3/c1-10(2,3)11(12,8-13)7-9-14-5-6-15(9)4/h5-6H,7-8,13H2,1-4H3. The van der Waals surface area contributed by atoms with E-state index in [9.17, 15) is 4.39 Å². The molecule has 1 aromatic heterocycles. The second-order valence-electron chi connectivity index (χ2n) is 5.05. The average Bonchev–Trinajstić information content (AvgIpc) is 2.50. The van der Waals surface area contributed by atoms with E-state index in [1.54, 1.807) is 6.20 Å². The number of aryl methyl sites for hydroxylation is 1. The van der Waals surface area contributed by atoms with Crippen LogP contribution in [0.3, 0.4) is 0 Å². The van der Waals surface area contributed by atoms with E-state index < -0.39 is 11.1 Å². The number of alkyl halides is 1. The van der Waals surface area contributed by atoms with Crippen molar-refractivity contribution < 1.29 is 4.39 Å². The van der Waals surface area contributed by atoms with Crippen LogP contribution in [0.1, 0.15) is 26.6 Å². The zero-order valence-corrected chi connectivity index (χ0v) is 9.92. The van der Waals surface area contributed by atoms with Crippen molar-refractivity contribution in [1.29, 1.82) is 0 Å². The summed E-state index contributed by atoms with van der Waals surface area (Å²) in [5.41, 5.74) is 3.66. The highest BCUT2D eigenvalue weighted by molar-refractivity contribution is 5.03. The molecular formula is C11H20FN3. The highest BCUT2D eigenvalue weighted by Gasteiger charge is 2.42. The molecule has 86 valence electrons. The highest BCUT2D eigenvalue weighted by atomic mass is 19.1. The van der Waals surface area contributed by atoms with Crippen LogP contribution in [0, 0.1) is 5.41 Å². The van der Waals surface area contributed by atoms with Crippen molar-refractivity contribution in [3.8, 4) is 0 Å². The lowest BCUT2D eigenvalue weighted by Gasteiger charge is -2.36. The summed E-state index contributed by atoms with van der Waals surface area (Å²) in [6, 6.07) is 0. The molecule has 0 aliphatic heterocycles. The molecule has 0 aliphatic carbocycles. The third kappa shape index (κ3) is 2.37. The van der Waals surface area contributed by atoms with Gasteiger partial charge in [0.2, 0.25) is 0 Å². The summed E-state index contributed by atoms with van der Waals surface area (Å²) >= 11 is 0. The van der Waals surface area contributed by atoms with Gasteiger partial charge in [-0.1, -0.05) is 20.8 Å². The molecule has 1 unspecified atom stereocenters. The molecule has 1 heterocycles. The molecule has 0 bridgehead atoms. The normalized spacial score (nSPS) is 16.4. The molecular weight excluding hydrogens is 193 g/mol. The third-order valence-corrected chi connectivity index (χ3v) is 3.03. The number of rotatable bonds is 3. The molecule has 0 saturated heterocycles. The van der Waals surface area contributed by atoms with Crippen LogP contribution in [-0.4, -0.2) is 21.8 Å². The summed E-state index contributed by atoms with van der Waals surface area (Å²) < 4.78 is 16.4. The Hall–Kier alpha value is -0.900. The van der Waals surface area contributed by atoms with E-state index in [4.69, 9.17) is 5.73 Å². The van der Waals surface area contributed by atoms with E-state index in [0.29, 0.717) is 0 Å². The van der Waals surface area contributed by atoms with E-state index in [2.05, 4.69) is 4.98 Å². The molecule has 0 aliphatic rings. The number of aromatic nitrogens is 2. The first kappa shape index (κ1) is 12.2. The fraction of sp³-hybridized carbons (Fsp3) is 0.727. The van der Waals surface area contributed by atoms with Gasteiger partial charge in [0.15, 0.2) is 0 Å². The molecule has 15 heavy (non-hydrogen) atoms. The first-order chi connectivity index (χ1) is 6.80. The van der Waals surface area contributed by atoms with E-state index in [1.807, 2.05) is 38.6 Å².